The predicted octanol–water partition coefficient (Wildman–Crippen LogP) is 0.741. The molecule has 0 amide bonds. The first-order chi connectivity index (χ1) is 8.17. The quantitative estimate of drug-likeness (QED) is 0.602. The number of benzene rings is 1. The van der Waals surface area contributed by atoms with E-state index in [1.165, 1.54) is 7.11 Å². The lowest BCUT2D eigenvalue weighted by Gasteiger charge is -2.10. The van der Waals surface area contributed by atoms with Crippen LogP contribution in [-0.4, -0.2) is 25.7 Å². The van der Waals surface area contributed by atoms with Crippen molar-refractivity contribution in [1.29, 1.82) is 0 Å². The fourth-order valence-corrected chi connectivity index (χ4v) is 1.38. The van der Waals surface area contributed by atoms with Gasteiger partial charge in [0.1, 0.15) is 18.4 Å². The Morgan fingerprint density at radius 3 is 3.00 bits per heavy atom. The van der Waals surface area contributed by atoms with Gasteiger partial charge in [-0.05, 0) is 24.1 Å². The SMILES string of the molecule is C#CCOc1cccc(CC(N)C(=O)OC)c1. The van der Waals surface area contributed by atoms with E-state index in [9.17, 15) is 4.79 Å². The monoisotopic (exact) mass is 233 g/mol. The molecule has 1 rings (SSSR count). The number of ether oxygens (including phenoxy) is 2. The molecule has 0 saturated carbocycles. The van der Waals surface area contributed by atoms with Gasteiger partial charge in [-0.15, -0.1) is 6.42 Å². The smallest absolute Gasteiger partial charge is 0.322 e. The van der Waals surface area contributed by atoms with Gasteiger partial charge in [-0.2, -0.15) is 0 Å². The zero-order chi connectivity index (χ0) is 12.7. The van der Waals surface area contributed by atoms with Crippen LogP contribution in [0.1, 0.15) is 5.56 Å². The maximum atomic E-state index is 11.2. The topological polar surface area (TPSA) is 61.5 Å². The third-order valence-electron chi connectivity index (χ3n) is 2.18. The zero-order valence-electron chi connectivity index (χ0n) is 9.68. The predicted molar refractivity (Wildman–Crippen MR) is 64.5 cm³/mol. The molecule has 0 aliphatic carbocycles. The number of carbonyl (C=O) groups excluding carboxylic acids is 1. The van der Waals surface area contributed by atoms with Crippen LogP contribution < -0.4 is 10.5 Å². The van der Waals surface area contributed by atoms with E-state index in [2.05, 4.69) is 10.7 Å². The molecule has 0 fully saturated rings. The highest BCUT2D eigenvalue weighted by molar-refractivity contribution is 5.75. The summed E-state index contributed by atoms with van der Waals surface area (Å²) in [6.45, 7) is 0.215. The summed E-state index contributed by atoms with van der Waals surface area (Å²) in [5.74, 6) is 2.62. The Labute approximate surface area is 101 Å². The molecule has 0 bridgehead atoms. The molecule has 4 heteroatoms. The molecule has 1 unspecified atom stereocenters. The molecule has 17 heavy (non-hydrogen) atoms. The molecule has 0 spiro atoms. The van der Waals surface area contributed by atoms with Gasteiger partial charge in [0.15, 0.2) is 0 Å². The largest absolute Gasteiger partial charge is 0.481 e. The minimum atomic E-state index is -0.664. The molecule has 2 N–H and O–H groups in total. The molecular weight excluding hydrogens is 218 g/mol. The summed E-state index contributed by atoms with van der Waals surface area (Å²) in [6.07, 6.45) is 5.50. The van der Waals surface area contributed by atoms with Crippen molar-refractivity contribution in [3.63, 3.8) is 0 Å². The average Bonchev–Trinajstić information content (AvgIpc) is 2.35. The van der Waals surface area contributed by atoms with Crippen molar-refractivity contribution in [3.05, 3.63) is 29.8 Å². The first-order valence-corrected chi connectivity index (χ1v) is 5.16. The Kier molecular flexibility index (Phi) is 5.05. The van der Waals surface area contributed by atoms with Crippen LogP contribution in [0.25, 0.3) is 0 Å². The van der Waals surface area contributed by atoms with E-state index < -0.39 is 12.0 Å². The Morgan fingerprint density at radius 1 is 1.59 bits per heavy atom. The maximum Gasteiger partial charge on any atom is 0.322 e. The maximum absolute atomic E-state index is 11.2. The summed E-state index contributed by atoms with van der Waals surface area (Å²) in [6, 6.07) is 6.63. The second-order valence-electron chi connectivity index (χ2n) is 3.47. The van der Waals surface area contributed by atoms with Crippen LogP contribution in [0.5, 0.6) is 5.75 Å². The number of hydrogen-bond acceptors (Lipinski definition) is 4. The zero-order valence-corrected chi connectivity index (χ0v) is 9.68. The number of rotatable bonds is 5. The molecule has 1 aromatic rings. The number of nitrogens with two attached hydrogens (primary N) is 1. The minimum Gasteiger partial charge on any atom is -0.481 e. The number of methoxy groups -OCH3 is 1. The summed E-state index contributed by atoms with van der Waals surface area (Å²) in [5.41, 5.74) is 6.56. The summed E-state index contributed by atoms with van der Waals surface area (Å²) in [4.78, 5) is 11.2. The van der Waals surface area contributed by atoms with Crippen LogP contribution in [0, 0.1) is 12.3 Å². The van der Waals surface area contributed by atoms with Gasteiger partial charge in [-0.3, -0.25) is 4.79 Å². The first kappa shape index (κ1) is 13.1. The second-order valence-corrected chi connectivity index (χ2v) is 3.47. The lowest BCUT2D eigenvalue weighted by Crippen LogP contribution is -2.33. The molecule has 0 aliphatic rings. The van der Waals surface area contributed by atoms with E-state index in [1.54, 1.807) is 12.1 Å². The van der Waals surface area contributed by atoms with E-state index in [4.69, 9.17) is 16.9 Å². The van der Waals surface area contributed by atoms with Crippen LogP contribution in [0.3, 0.4) is 0 Å². The van der Waals surface area contributed by atoms with Crippen LogP contribution >= 0.6 is 0 Å². The molecule has 4 nitrogen and oxygen atoms in total. The van der Waals surface area contributed by atoms with Gasteiger partial charge in [-0.1, -0.05) is 18.1 Å². The highest BCUT2D eigenvalue weighted by atomic mass is 16.5. The number of carbonyl (C=O) groups is 1. The van der Waals surface area contributed by atoms with Crippen molar-refractivity contribution in [2.75, 3.05) is 13.7 Å². The Morgan fingerprint density at radius 2 is 2.35 bits per heavy atom. The molecule has 0 saturated heterocycles. The van der Waals surface area contributed by atoms with Crippen molar-refractivity contribution in [2.24, 2.45) is 5.73 Å². The van der Waals surface area contributed by atoms with Crippen molar-refractivity contribution in [3.8, 4) is 18.1 Å². The average molecular weight is 233 g/mol. The van der Waals surface area contributed by atoms with Gasteiger partial charge in [0, 0.05) is 0 Å². The molecular formula is C13H15NO3. The van der Waals surface area contributed by atoms with Crippen LogP contribution in [0.4, 0.5) is 0 Å². The van der Waals surface area contributed by atoms with Gasteiger partial charge in [-0.25, -0.2) is 0 Å². The van der Waals surface area contributed by atoms with E-state index in [1.807, 2.05) is 12.1 Å². The Hall–Kier alpha value is -1.99. The number of hydrogen-bond donors (Lipinski definition) is 1. The summed E-state index contributed by atoms with van der Waals surface area (Å²) in [5, 5.41) is 0. The normalized spacial score (nSPS) is 11.4. The number of terminal acetylenes is 1. The van der Waals surface area contributed by atoms with Crippen LogP contribution in [0.2, 0.25) is 0 Å². The molecule has 0 heterocycles. The second kappa shape index (κ2) is 6.56. The Balaban J connectivity index is 2.65. The fourth-order valence-electron chi connectivity index (χ4n) is 1.38. The molecule has 0 radical (unpaired) electrons. The lowest BCUT2D eigenvalue weighted by atomic mass is 10.1. The van der Waals surface area contributed by atoms with E-state index >= 15 is 0 Å². The fraction of sp³-hybridized carbons (Fsp3) is 0.308. The third kappa shape index (κ3) is 4.17. The Bertz CT molecular complexity index is 423. The summed E-state index contributed by atoms with van der Waals surface area (Å²) in [7, 11) is 1.31. The summed E-state index contributed by atoms with van der Waals surface area (Å²) >= 11 is 0. The molecule has 0 aliphatic heterocycles. The molecule has 1 atom stereocenters. The third-order valence-corrected chi connectivity index (χ3v) is 2.18. The van der Waals surface area contributed by atoms with Crippen LogP contribution in [-0.2, 0) is 16.0 Å². The van der Waals surface area contributed by atoms with Gasteiger partial charge in [0.25, 0.3) is 0 Å². The van der Waals surface area contributed by atoms with Crippen LogP contribution in [0.15, 0.2) is 24.3 Å². The highest BCUT2D eigenvalue weighted by Crippen LogP contribution is 2.14. The molecule has 1 aromatic carbocycles. The minimum absolute atomic E-state index is 0.215. The summed E-state index contributed by atoms with van der Waals surface area (Å²) < 4.78 is 9.83. The lowest BCUT2D eigenvalue weighted by molar-refractivity contribution is -0.142. The van der Waals surface area contributed by atoms with E-state index in [0.29, 0.717) is 12.2 Å². The van der Waals surface area contributed by atoms with Gasteiger partial charge < -0.3 is 15.2 Å². The van der Waals surface area contributed by atoms with Gasteiger partial charge in [0.2, 0.25) is 0 Å². The van der Waals surface area contributed by atoms with Crippen molar-refractivity contribution < 1.29 is 14.3 Å². The van der Waals surface area contributed by atoms with E-state index in [0.717, 1.165) is 5.56 Å². The first-order valence-electron chi connectivity index (χ1n) is 5.16. The molecule has 0 aromatic heterocycles. The van der Waals surface area contributed by atoms with Gasteiger partial charge >= 0.3 is 5.97 Å². The van der Waals surface area contributed by atoms with E-state index in [-0.39, 0.29) is 6.61 Å². The standard InChI is InChI=1S/C13H15NO3/c1-3-7-17-11-6-4-5-10(8-11)9-12(14)13(15)16-2/h1,4-6,8,12H,7,9,14H2,2H3. The van der Waals surface area contributed by atoms with Crippen molar-refractivity contribution in [2.45, 2.75) is 12.5 Å². The number of esters is 1. The van der Waals surface area contributed by atoms with Gasteiger partial charge in [0.05, 0.1) is 7.11 Å². The van der Waals surface area contributed by atoms with Crippen molar-refractivity contribution >= 4 is 5.97 Å². The highest BCUT2D eigenvalue weighted by Gasteiger charge is 2.14. The molecule has 90 valence electrons. The van der Waals surface area contributed by atoms with Crippen molar-refractivity contribution in [1.82, 2.24) is 0 Å².